The van der Waals surface area contributed by atoms with E-state index >= 15 is 4.39 Å². The first-order valence-electron chi connectivity index (χ1n) is 12.1. The molecule has 4 N–H and O–H groups in total. The molecule has 0 aliphatic carbocycles. The summed E-state index contributed by atoms with van der Waals surface area (Å²) in [5.74, 6) is 0.0680. The Morgan fingerprint density at radius 1 is 1.24 bits per heavy atom. The van der Waals surface area contributed by atoms with Crippen LogP contribution < -0.4 is 11.1 Å². The summed E-state index contributed by atoms with van der Waals surface area (Å²) in [5, 5.41) is 18.7. The van der Waals surface area contributed by atoms with Crippen LogP contribution in [-0.2, 0) is 4.79 Å². The van der Waals surface area contributed by atoms with E-state index in [9.17, 15) is 9.90 Å². The van der Waals surface area contributed by atoms with Gasteiger partial charge in [-0.1, -0.05) is 18.7 Å². The molecule has 0 saturated carbocycles. The van der Waals surface area contributed by atoms with E-state index in [1.807, 2.05) is 4.68 Å². The largest absolute Gasteiger partial charge is 0.383 e. The van der Waals surface area contributed by atoms with Crippen molar-refractivity contribution in [3.8, 4) is 11.3 Å². The molecule has 1 fully saturated rings. The molecule has 0 radical (unpaired) electrons. The highest BCUT2D eigenvalue weighted by molar-refractivity contribution is 6.00. The molecule has 3 aromatic heterocycles. The lowest BCUT2D eigenvalue weighted by molar-refractivity contribution is -0.128. The zero-order valence-electron chi connectivity index (χ0n) is 20.4. The maximum absolute atomic E-state index is 15.5. The van der Waals surface area contributed by atoms with Crippen molar-refractivity contribution in [2.45, 2.75) is 32.0 Å². The molecule has 1 aromatic carbocycles. The summed E-state index contributed by atoms with van der Waals surface area (Å²) in [4.78, 5) is 22.7. The minimum absolute atomic E-state index is 0.0814. The van der Waals surface area contributed by atoms with Gasteiger partial charge in [0.05, 0.1) is 16.9 Å². The minimum Gasteiger partial charge on any atom is -0.383 e. The molecule has 1 saturated heterocycles. The Hall–Kier alpha value is -4.31. The van der Waals surface area contributed by atoms with Crippen LogP contribution in [0.1, 0.15) is 37.6 Å². The monoisotopic (exact) mass is 501 g/mol. The third kappa shape index (κ3) is 4.75. The van der Waals surface area contributed by atoms with Crippen molar-refractivity contribution in [1.29, 1.82) is 0 Å². The van der Waals surface area contributed by atoms with Crippen molar-refractivity contribution in [3.05, 3.63) is 78.4 Å². The maximum Gasteiger partial charge on any atom is 0.248 e. The van der Waals surface area contributed by atoms with E-state index in [0.29, 0.717) is 41.1 Å². The number of carbonyl (C=O) groups is 1. The van der Waals surface area contributed by atoms with Crippen LogP contribution in [0.4, 0.5) is 16.0 Å². The second-order valence-corrected chi connectivity index (χ2v) is 9.21. The molecule has 1 unspecified atom stereocenters. The Kier molecular flexibility index (Phi) is 6.58. The van der Waals surface area contributed by atoms with E-state index < -0.39 is 12.0 Å². The summed E-state index contributed by atoms with van der Waals surface area (Å²) in [6.07, 6.45) is 3.66. The van der Waals surface area contributed by atoms with Crippen molar-refractivity contribution in [2.75, 3.05) is 24.1 Å². The molecule has 1 aliphatic heterocycles. The van der Waals surface area contributed by atoms with Crippen LogP contribution in [0.5, 0.6) is 0 Å². The van der Waals surface area contributed by atoms with Gasteiger partial charge in [-0.2, -0.15) is 5.10 Å². The fourth-order valence-electron chi connectivity index (χ4n) is 4.75. The molecule has 9 nitrogen and oxygen atoms in total. The number of nitrogens with one attached hydrogen (secondary N) is 1. The maximum atomic E-state index is 15.5. The fourth-order valence-corrected chi connectivity index (χ4v) is 4.75. The van der Waals surface area contributed by atoms with E-state index in [4.69, 9.17) is 10.8 Å². The number of halogens is 1. The molecular weight excluding hydrogens is 473 g/mol. The van der Waals surface area contributed by atoms with Gasteiger partial charge in [0, 0.05) is 42.2 Å². The number of carbonyl (C=O) groups excluding carboxylic acids is 1. The Morgan fingerprint density at radius 2 is 2.08 bits per heavy atom. The van der Waals surface area contributed by atoms with Gasteiger partial charge in [0.1, 0.15) is 23.1 Å². The Bertz CT molecular complexity index is 1470. The average Bonchev–Trinajstić information content (AvgIpc) is 3.29. The normalized spacial score (nSPS) is 16.5. The lowest BCUT2D eigenvalue weighted by atomic mass is 10.0. The van der Waals surface area contributed by atoms with E-state index in [0.717, 1.165) is 18.4 Å². The van der Waals surface area contributed by atoms with E-state index in [2.05, 4.69) is 21.9 Å². The number of nitrogens with zero attached hydrogens (tertiary/aromatic N) is 5. The van der Waals surface area contributed by atoms with Crippen LogP contribution in [-0.4, -0.2) is 48.8 Å². The van der Waals surface area contributed by atoms with E-state index in [1.54, 1.807) is 60.6 Å². The third-order valence-corrected chi connectivity index (χ3v) is 6.56. The number of pyridine rings is 2. The second-order valence-electron chi connectivity index (χ2n) is 9.21. The quantitative estimate of drug-likeness (QED) is 0.269. The highest BCUT2D eigenvalue weighted by atomic mass is 19.1. The minimum atomic E-state index is -1.15. The highest BCUT2D eigenvalue weighted by Crippen LogP contribution is 2.36. The summed E-state index contributed by atoms with van der Waals surface area (Å²) in [7, 11) is 0. The molecule has 5 rings (SSSR count). The number of aliphatic hydroxyl groups is 1. The molecule has 0 spiro atoms. The van der Waals surface area contributed by atoms with Crippen molar-refractivity contribution >= 4 is 28.4 Å². The number of rotatable bonds is 6. The van der Waals surface area contributed by atoms with Crippen molar-refractivity contribution in [3.63, 3.8) is 0 Å². The van der Waals surface area contributed by atoms with Gasteiger partial charge in [0.2, 0.25) is 5.91 Å². The van der Waals surface area contributed by atoms with Crippen molar-refractivity contribution < 1.29 is 14.3 Å². The number of fused-ring (bicyclic) bond motifs is 1. The second kappa shape index (κ2) is 9.98. The molecule has 10 heteroatoms. The molecule has 4 heterocycles. The molecule has 1 amide bonds. The van der Waals surface area contributed by atoms with Crippen LogP contribution >= 0.6 is 0 Å². The summed E-state index contributed by atoms with van der Waals surface area (Å²) in [6, 6.07) is 11.4. The summed E-state index contributed by atoms with van der Waals surface area (Å²) >= 11 is 0. The van der Waals surface area contributed by atoms with Gasteiger partial charge in [-0.3, -0.25) is 9.48 Å². The number of aromatic nitrogens is 4. The standard InChI is InChI=1S/C27H28FN7O2/c1-16(2)27(37)34-13-5-6-18(15-34)35-21-10-12-31-25(29)23(21)24(33-35)19-9-8-17(14-20(19)28)26(36)32-22-7-3-4-11-30-22/h3-4,7-12,14,18,26,36H,1,5-6,13,15H2,2H3,(H2,29,31)(H,30,32)/t18-,26?/m1/s1. The number of nitrogens with two attached hydrogens (primary N) is 1. The molecule has 4 aromatic rings. The summed E-state index contributed by atoms with van der Waals surface area (Å²) in [5.41, 5.74) is 8.39. The number of nitrogen functional groups attached to an aromatic ring is 1. The zero-order chi connectivity index (χ0) is 26.1. The number of hydrogen-bond acceptors (Lipinski definition) is 7. The Balaban J connectivity index is 1.50. The van der Waals surface area contributed by atoms with Gasteiger partial charge in [0.25, 0.3) is 0 Å². The number of benzene rings is 1. The van der Waals surface area contributed by atoms with Crippen LogP contribution in [0.2, 0.25) is 0 Å². The third-order valence-electron chi connectivity index (χ3n) is 6.56. The van der Waals surface area contributed by atoms with Gasteiger partial charge in [0.15, 0.2) is 6.23 Å². The molecule has 37 heavy (non-hydrogen) atoms. The predicted molar refractivity (Wildman–Crippen MR) is 140 cm³/mol. The van der Waals surface area contributed by atoms with Crippen molar-refractivity contribution in [1.82, 2.24) is 24.6 Å². The Morgan fingerprint density at radius 3 is 2.81 bits per heavy atom. The van der Waals surface area contributed by atoms with E-state index in [-0.39, 0.29) is 23.3 Å². The first-order chi connectivity index (χ1) is 17.8. The van der Waals surface area contributed by atoms with Crippen molar-refractivity contribution in [2.24, 2.45) is 0 Å². The number of piperidine rings is 1. The number of aliphatic hydroxyl groups excluding tert-OH is 1. The number of hydrogen-bond donors (Lipinski definition) is 3. The van der Waals surface area contributed by atoms with Gasteiger partial charge in [-0.25, -0.2) is 14.4 Å². The lowest BCUT2D eigenvalue weighted by Crippen LogP contribution is -2.41. The topological polar surface area (TPSA) is 122 Å². The SMILES string of the molecule is C=C(C)C(=O)N1CCC[C@@H](n2nc(-c3ccc(C(O)Nc4ccccn4)cc3F)c3c(N)nccc32)C1. The first kappa shape index (κ1) is 24.4. The van der Waals surface area contributed by atoms with Crippen LogP contribution in [0.3, 0.4) is 0 Å². The van der Waals surface area contributed by atoms with E-state index in [1.165, 1.54) is 6.07 Å². The Labute approximate surface area is 213 Å². The molecule has 190 valence electrons. The fraction of sp³-hybridized carbons (Fsp3) is 0.259. The highest BCUT2D eigenvalue weighted by Gasteiger charge is 2.29. The number of anilines is 2. The first-order valence-corrected chi connectivity index (χ1v) is 12.1. The molecule has 1 aliphatic rings. The van der Waals surface area contributed by atoms with Gasteiger partial charge >= 0.3 is 0 Å². The van der Waals surface area contributed by atoms with Crippen LogP contribution in [0.15, 0.2) is 67.0 Å². The van der Waals surface area contributed by atoms with Gasteiger partial charge in [-0.05, 0) is 50.1 Å². The smallest absolute Gasteiger partial charge is 0.248 e. The molecule has 2 atom stereocenters. The lowest BCUT2D eigenvalue weighted by Gasteiger charge is -2.33. The number of amides is 1. The predicted octanol–water partition coefficient (Wildman–Crippen LogP) is 4.06. The molecule has 0 bridgehead atoms. The summed E-state index contributed by atoms with van der Waals surface area (Å²) < 4.78 is 17.3. The van der Waals surface area contributed by atoms with Crippen LogP contribution in [0, 0.1) is 5.82 Å². The number of likely N-dealkylation sites (tertiary alicyclic amines) is 1. The average molecular weight is 502 g/mol. The molecular formula is C27H28FN7O2. The van der Waals surface area contributed by atoms with Gasteiger partial charge in [-0.15, -0.1) is 0 Å². The van der Waals surface area contributed by atoms with Crippen LogP contribution in [0.25, 0.3) is 22.2 Å². The van der Waals surface area contributed by atoms with Gasteiger partial charge < -0.3 is 21.1 Å². The summed E-state index contributed by atoms with van der Waals surface area (Å²) in [6.45, 7) is 6.61. The zero-order valence-corrected chi connectivity index (χ0v) is 20.4.